The summed E-state index contributed by atoms with van der Waals surface area (Å²) in [5, 5.41) is 15.9. The molecule has 0 bridgehead atoms. The van der Waals surface area contributed by atoms with Crippen LogP contribution in [0.25, 0.3) is 22.0 Å². The number of β-amino-alcohol motifs (C(OH)–C–C–N with tert-alkyl or cyclic N) is 1. The van der Waals surface area contributed by atoms with Gasteiger partial charge in [-0.1, -0.05) is 36.4 Å². The highest BCUT2D eigenvalue weighted by atomic mass is 16.5. The maximum Gasteiger partial charge on any atom is 0.213 e. The smallest absolute Gasteiger partial charge is 0.213 e. The second-order valence-electron chi connectivity index (χ2n) is 8.14. The highest BCUT2D eigenvalue weighted by Crippen LogP contribution is 2.26. The van der Waals surface area contributed by atoms with Crippen LogP contribution in [-0.2, 0) is 20.0 Å². The van der Waals surface area contributed by atoms with Gasteiger partial charge in [0.15, 0.2) is 0 Å². The molecule has 1 atom stereocenters. The number of hydrogen-bond donors (Lipinski definition) is 1. The molecule has 1 aliphatic rings. The van der Waals surface area contributed by atoms with Gasteiger partial charge in [0, 0.05) is 44.3 Å². The molecule has 1 N–H and O–H groups in total. The fraction of sp³-hybridized carbons (Fsp3) is 0.280. The first kappa shape index (κ1) is 19.7. The summed E-state index contributed by atoms with van der Waals surface area (Å²) < 4.78 is 7.70. The molecule has 3 heterocycles. The summed E-state index contributed by atoms with van der Waals surface area (Å²) >= 11 is 0. The van der Waals surface area contributed by atoms with Crippen LogP contribution in [0.15, 0.2) is 67.0 Å². The Hall–Kier alpha value is -3.22. The Morgan fingerprint density at radius 3 is 2.81 bits per heavy atom. The Kier molecular flexibility index (Phi) is 5.40. The maximum absolute atomic E-state index is 10.5. The zero-order valence-corrected chi connectivity index (χ0v) is 17.6. The van der Waals surface area contributed by atoms with E-state index in [4.69, 9.17) is 4.74 Å². The summed E-state index contributed by atoms with van der Waals surface area (Å²) in [6, 6.07) is 18.7. The van der Waals surface area contributed by atoms with E-state index in [9.17, 15) is 5.11 Å². The molecule has 0 amide bonds. The number of aryl methyl sites for hydroxylation is 1. The van der Waals surface area contributed by atoms with Gasteiger partial charge in [0.25, 0.3) is 0 Å². The molecule has 4 aromatic rings. The highest BCUT2D eigenvalue weighted by Gasteiger charge is 2.19. The Morgan fingerprint density at radius 2 is 1.90 bits per heavy atom. The Balaban J connectivity index is 1.21. The number of nitrogens with zero attached hydrogens (tertiary/aromatic N) is 4. The molecule has 0 fully saturated rings. The van der Waals surface area contributed by atoms with Crippen molar-refractivity contribution in [2.75, 3.05) is 19.7 Å². The van der Waals surface area contributed by atoms with Crippen LogP contribution >= 0.6 is 0 Å². The lowest BCUT2D eigenvalue weighted by atomic mass is 10.00. The second-order valence-corrected chi connectivity index (χ2v) is 8.14. The molecule has 31 heavy (non-hydrogen) atoms. The molecule has 0 radical (unpaired) electrons. The van der Waals surface area contributed by atoms with Crippen LogP contribution in [0, 0.1) is 0 Å². The molecular formula is C25H26N4O2. The molecule has 6 heteroatoms. The van der Waals surface area contributed by atoms with Gasteiger partial charge in [-0.25, -0.2) is 4.98 Å². The molecule has 158 valence electrons. The van der Waals surface area contributed by atoms with Gasteiger partial charge < -0.3 is 9.84 Å². The lowest BCUT2D eigenvalue weighted by Crippen LogP contribution is -2.38. The number of benzene rings is 2. The van der Waals surface area contributed by atoms with E-state index in [2.05, 4.69) is 57.4 Å². The number of hydrogen-bond acceptors (Lipinski definition) is 5. The van der Waals surface area contributed by atoms with Crippen molar-refractivity contribution in [3.63, 3.8) is 0 Å². The molecule has 1 aliphatic heterocycles. The van der Waals surface area contributed by atoms with Crippen molar-refractivity contribution in [1.82, 2.24) is 19.7 Å². The maximum atomic E-state index is 10.5. The fourth-order valence-electron chi connectivity index (χ4n) is 4.23. The van der Waals surface area contributed by atoms with Crippen LogP contribution in [0.2, 0.25) is 0 Å². The van der Waals surface area contributed by atoms with E-state index >= 15 is 0 Å². The average Bonchev–Trinajstić information content (AvgIpc) is 3.18. The molecule has 6 nitrogen and oxygen atoms in total. The minimum absolute atomic E-state index is 0.218. The van der Waals surface area contributed by atoms with Gasteiger partial charge in [0.2, 0.25) is 5.88 Å². The van der Waals surface area contributed by atoms with E-state index in [1.807, 2.05) is 30.1 Å². The van der Waals surface area contributed by atoms with Gasteiger partial charge in [-0.05, 0) is 40.8 Å². The summed E-state index contributed by atoms with van der Waals surface area (Å²) in [5.41, 5.74) is 5.94. The van der Waals surface area contributed by atoms with Crippen LogP contribution < -0.4 is 4.74 Å². The number of fused-ring (bicyclic) bond motifs is 2. The quantitative estimate of drug-likeness (QED) is 0.524. The van der Waals surface area contributed by atoms with Crippen molar-refractivity contribution in [2.45, 2.75) is 19.1 Å². The Morgan fingerprint density at radius 1 is 1.06 bits per heavy atom. The molecule has 5 rings (SSSR count). The standard InChI is InChI=1S/C25H26N4O2/c1-28-24-12-19(6-7-21(24)14-27-28)20-8-10-26-25(13-20)31-17-23(30)16-29-11-9-18-4-2-3-5-22(18)15-29/h2-8,10,12-14,23,30H,9,11,15-17H2,1H3. The summed E-state index contributed by atoms with van der Waals surface area (Å²) in [5.74, 6) is 0.519. The SMILES string of the molecule is Cn1ncc2ccc(-c3ccnc(OCC(O)CN4CCc5ccccc5C4)c3)cc21. The Labute approximate surface area is 181 Å². The highest BCUT2D eigenvalue weighted by molar-refractivity contribution is 5.84. The number of pyridine rings is 1. The summed E-state index contributed by atoms with van der Waals surface area (Å²) in [6.07, 6.45) is 4.06. The first-order chi connectivity index (χ1) is 15.2. The minimum atomic E-state index is -0.568. The van der Waals surface area contributed by atoms with Crippen molar-refractivity contribution in [1.29, 1.82) is 0 Å². The van der Waals surface area contributed by atoms with Crippen molar-refractivity contribution in [2.24, 2.45) is 7.05 Å². The molecule has 2 aromatic heterocycles. The number of aliphatic hydroxyl groups is 1. The van der Waals surface area contributed by atoms with Crippen molar-refractivity contribution in [3.05, 3.63) is 78.1 Å². The average molecular weight is 415 g/mol. The monoisotopic (exact) mass is 414 g/mol. The third-order valence-corrected chi connectivity index (χ3v) is 5.92. The number of rotatable bonds is 6. The van der Waals surface area contributed by atoms with E-state index < -0.39 is 6.10 Å². The van der Waals surface area contributed by atoms with Gasteiger partial charge in [0.05, 0.1) is 11.7 Å². The van der Waals surface area contributed by atoms with Crippen LogP contribution in [0.5, 0.6) is 5.88 Å². The van der Waals surface area contributed by atoms with Crippen LogP contribution in [0.1, 0.15) is 11.1 Å². The third-order valence-electron chi connectivity index (χ3n) is 5.92. The number of aliphatic hydroxyl groups excluding tert-OH is 1. The largest absolute Gasteiger partial charge is 0.475 e. The predicted molar refractivity (Wildman–Crippen MR) is 121 cm³/mol. The first-order valence-electron chi connectivity index (χ1n) is 10.6. The molecule has 0 aliphatic carbocycles. The predicted octanol–water partition coefficient (Wildman–Crippen LogP) is 3.43. The van der Waals surface area contributed by atoms with E-state index in [1.165, 1.54) is 11.1 Å². The minimum Gasteiger partial charge on any atom is -0.475 e. The normalized spacial score (nSPS) is 15.0. The fourth-order valence-corrected chi connectivity index (χ4v) is 4.23. The molecule has 1 unspecified atom stereocenters. The number of ether oxygens (including phenoxy) is 1. The molecule has 2 aromatic carbocycles. The van der Waals surface area contributed by atoms with Crippen molar-refractivity contribution < 1.29 is 9.84 Å². The van der Waals surface area contributed by atoms with Gasteiger partial charge in [-0.15, -0.1) is 0 Å². The van der Waals surface area contributed by atoms with Crippen LogP contribution in [0.4, 0.5) is 0 Å². The van der Waals surface area contributed by atoms with Crippen molar-refractivity contribution in [3.8, 4) is 17.0 Å². The third kappa shape index (κ3) is 4.31. The summed E-state index contributed by atoms with van der Waals surface area (Å²) in [4.78, 5) is 6.60. The number of aromatic nitrogens is 3. The second kappa shape index (κ2) is 8.49. The van der Waals surface area contributed by atoms with E-state index in [1.54, 1.807) is 6.20 Å². The van der Waals surface area contributed by atoms with Crippen molar-refractivity contribution >= 4 is 10.9 Å². The lowest BCUT2D eigenvalue weighted by Gasteiger charge is -2.30. The lowest BCUT2D eigenvalue weighted by molar-refractivity contribution is 0.0622. The molecule has 0 saturated carbocycles. The van der Waals surface area contributed by atoms with Gasteiger partial charge in [0.1, 0.15) is 12.7 Å². The van der Waals surface area contributed by atoms with Crippen LogP contribution in [-0.4, -0.2) is 50.6 Å². The first-order valence-corrected chi connectivity index (χ1v) is 10.6. The summed E-state index contributed by atoms with van der Waals surface area (Å²) in [7, 11) is 1.94. The Bertz CT molecular complexity index is 1200. The van der Waals surface area contributed by atoms with Gasteiger partial charge in [-0.3, -0.25) is 9.58 Å². The van der Waals surface area contributed by atoms with Crippen LogP contribution in [0.3, 0.4) is 0 Å². The zero-order chi connectivity index (χ0) is 21.2. The van der Waals surface area contributed by atoms with E-state index in [-0.39, 0.29) is 6.61 Å². The van der Waals surface area contributed by atoms with E-state index in [0.29, 0.717) is 12.4 Å². The van der Waals surface area contributed by atoms with Gasteiger partial charge in [-0.2, -0.15) is 5.10 Å². The van der Waals surface area contributed by atoms with Gasteiger partial charge >= 0.3 is 0 Å². The van der Waals surface area contributed by atoms with E-state index in [0.717, 1.165) is 41.5 Å². The molecule has 0 saturated heterocycles. The molecule has 0 spiro atoms. The topological polar surface area (TPSA) is 63.4 Å². The molecular weight excluding hydrogens is 388 g/mol. The zero-order valence-electron chi connectivity index (χ0n) is 17.6. The summed E-state index contributed by atoms with van der Waals surface area (Å²) in [6.45, 7) is 2.64.